The summed E-state index contributed by atoms with van der Waals surface area (Å²) in [5, 5.41) is 5.83. The normalized spacial score (nSPS) is 14.8. The molecule has 1 saturated heterocycles. The molecule has 0 aliphatic carbocycles. The van der Waals surface area contributed by atoms with E-state index in [4.69, 9.17) is 4.42 Å². The fourth-order valence-electron chi connectivity index (χ4n) is 2.89. The van der Waals surface area contributed by atoms with E-state index in [2.05, 4.69) is 15.5 Å². The number of aryl methyl sites for hydroxylation is 1. The van der Waals surface area contributed by atoms with E-state index < -0.39 is 0 Å². The van der Waals surface area contributed by atoms with Crippen molar-refractivity contribution < 1.29 is 9.21 Å². The maximum Gasteiger partial charge on any atom is 0.319 e. The highest BCUT2D eigenvalue weighted by Crippen LogP contribution is 2.29. The van der Waals surface area contributed by atoms with Crippen molar-refractivity contribution in [2.24, 2.45) is 0 Å². The second-order valence-electron chi connectivity index (χ2n) is 5.89. The van der Waals surface area contributed by atoms with Gasteiger partial charge in [-0.1, -0.05) is 12.1 Å². The predicted molar refractivity (Wildman–Crippen MR) is 91.6 cm³/mol. The molecule has 1 fully saturated rings. The average Bonchev–Trinajstić information content (AvgIpc) is 3.19. The highest BCUT2D eigenvalue weighted by Gasteiger charge is 2.13. The van der Waals surface area contributed by atoms with Gasteiger partial charge in [0.05, 0.1) is 5.69 Å². The number of nitrogens with zero attached hydrogens (tertiary/aromatic N) is 1. The van der Waals surface area contributed by atoms with Gasteiger partial charge in [0.1, 0.15) is 11.5 Å². The molecule has 0 unspecified atom stereocenters. The van der Waals surface area contributed by atoms with Gasteiger partial charge in [0.25, 0.3) is 0 Å². The Morgan fingerprint density at radius 2 is 1.96 bits per heavy atom. The molecule has 5 nitrogen and oxygen atoms in total. The Morgan fingerprint density at radius 1 is 1.17 bits per heavy atom. The number of rotatable bonds is 5. The van der Waals surface area contributed by atoms with Crippen LogP contribution in [0.2, 0.25) is 0 Å². The van der Waals surface area contributed by atoms with Crippen molar-refractivity contribution in [1.29, 1.82) is 0 Å². The molecule has 0 saturated carbocycles. The Bertz CT molecular complexity index is 660. The molecule has 0 radical (unpaired) electrons. The van der Waals surface area contributed by atoms with Crippen LogP contribution in [0.15, 0.2) is 40.8 Å². The van der Waals surface area contributed by atoms with Crippen LogP contribution in [0.3, 0.4) is 0 Å². The lowest BCUT2D eigenvalue weighted by molar-refractivity contribution is 0.249. The third kappa shape index (κ3) is 4.13. The molecule has 2 heterocycles. The third-order valence-electron chi connectivity index (χ3n) is 4.09. The molecular weight excluding hydrogens is 290 g/mol. The van der Waals surface area contributed by atoms with E-state index in [0.717, 1.165) is 42.4 Å². The van der Waals surface area contributed by atoms with Crippen molar-refractivity contribution in [3.05, 3.63) is 42.2 Å². The molecule has 1 aliphatic rings. The zero-order valence-electron chi connectivity index (χ0n) is 13.5. The summed E-state index contributed by atoms with van der Waals surface area (Å²) in [6.07, 6.45) is 2.53. The SMILES string of the molecule is Cc1ccc(-c2ccccc2NC(=O)NCCN2CCCC2)o1. The molecule has 0 bridgehead atoms. The van der Waals surface area contributed by atoms with Gasteiger partial charge in [0.2, 0.25) is 0 Å². The van der Waals surface area contributed by atoms with Crippen LogP contribution < -0.4 is 10.6 Å². The summed E-state index contributed by atoms with van der Waals surface area (Å²) in [5.74, 6) is 1.61. The Morgan fingerprint density at radius 3 is 2.70 bits per heavy atom. The number of carbonyl (C=O) groups excluding carboxylic acids is 1. The highest BCUT2D eigenvalue weighted by molar-refractivity contribution is 5.93. The number of amides is 2. The number of nitrogens with one attached hydrogen (secondary N) is 2. The predicted octanol–water partition coefficient (Wildman–Crippen LogP) is 3.47. The van der Waals surface area contributed by atoms with Gasteiger partial charge in [0.15, 0.2) is 0 Å². The van der Waals surface area contributed by atoms with E-state index in [-0.39, 0.29) is 6.03 Å². The molecular formula is C18H23N3O2. The van der Waals surface area contributed by atoms with Gasteiger partial charge in [-0.05, 0) is 57.1 Å². The monoisotopic (exact) mass is 313 g/mol. The van der Waals surface area contributed by atoms with E-state index in [1.807, 2.05) is 43.3 Å². The number of carbonyl (C=O) groups is 1. The van der Waals surface area contributed by atoms with Gasteiger partial charge in [-0.2, -0.15) is 0 Å². The molecule has 2 N–H and O–H groups in total. The largest absolute Gasteiger partial charge is 0.461 e. The number of furan rings is 1. The summed E-state index contributed by atoms with van der Waals surface area (Å²) in [7, 11) is 0. The number of anilines is 1. The lowest BCUT2D eigenvalue weighted by Crippen LogP contribution is -2.36. The van der Waals surface area contributed by atoms with E-state index >= 15 is 0 Å². The molecule has 3 rings (SSSR count). The Balaban J connectivity index is 1.57. The van der Waals surface area contributed by atoms with Gasteiger partial charge in [0, 0.05) is 18.7 Å². The van der Waals surface area contributed by atoms with Crippen LogP contribution >= 0.6 is 0 Å². The lowest BCUT2D eigenvalue weighted by Gasteiger charge is -2.15. The van der Waals surface area contributed by atoms with Crippen molar-refractivity contribution in [3.63, 3.8) is 0 Å². The van der Waals surface area contributed by atoms with Crippen LogP contribution in [0.25, 0.3) is 11.3 Å². The number of urea groups is 1. The Labute approximate surface area is 136 Å². The summed E-state index contributed by atoms with van der Waals surface area (Å²) in [6, 6.07) is 11.3. The maximum atomic E-state index is 12.1. The minimum atomic E-state index is -0.181. The minimum Gasteiger partial charge on any atom is -0.461 e. The van der Waals surface area contributed by atoms with Crippen LogP contribution in [-0.4, -0.2) is 37.1 Å². The van der Waals surface area contributed by atoms with Gasteiger partial charge in [-0.3, -0.25) is 0 Å². The minimum absolute atomic E-state index is 0.181. The smallest absolute Gasteiger partial charge is 0.319 e. The zero-order chi connectivity index (χ0) is 16.1. The van der Waals surface area contributed by atoms with Crippen LogP contribution in [0, 0.1) is 6.92 Å². The number of benzene rings is 1. The maximum absolute atomic E-state index is 12.1. The fraction of sp³-hybridized carbons (Fsp3) is 0.389. The molecule has 23 heavy (non-hydrogen) atoms. The number of hydrogen-bond acceptors (Lipinski definition) is 3. The quantitative estimate of drug-likeness (QED) is 0.888. The summed E-state index contributed by atoms with van der Waals surface area (Å²) in [4.78, 5) is 14.5. The number of hydrogen-bond donors (Lipinski definition) is 2. The van der Waals surface area contributed by atoms with Crippen LogP contribution in [-0.2, 0) is 0 Å². The first-order valence-electron chi connectivity index (χ1n) is 8.15. The zero-order valence-corrected chi connectivity index (χ0v) is 13.5. The molecule has 122 valence electrons. The Hall–Kier alpha value is -2.27. The van der Waals surface area contributed by atoms with E-state index in [9.17, 15) is 4.79 Å². The van der Waals surface area contributed by atoms with Gasteiger partial charge < -0.3 is 20.0 Å². The van der Waals surface area contributed by atoms with Crippen molar-refractivity contribution in [2.75, 3.05) is 31.5 Å². The van der Waals surface area contributed by atoms with Gasteiger partial charge >= 0.3 is 6.03 Å². The van der Waals surface area contributed by atoms with E-state index in [0.29, 0.717) is 6.54 Å². The van der Waals surface area contributed by atoms with Crippen molar-refractivity contribution >= 4 is 11.7 Å². The van der Waals surface area contributed by atoms with Crippen molar-refractivity contribution in [1.82, 2.24) is 10.2 Å². The molecule has 1 aliphatic heterocycles. The molecule has 1 aromatic carbocycles. The van der Waals surface area contributed by atoms with Crippen molar-refractivity contribution in [2.45, 2.75) is 19.8 Å². The van der Waals surface area contributed by atoms with Gasteiger partial charge in [-0.15, -0.1) is 0 Å². The first-order chi connectivity index (χ1) is 11.2. The van der Waals surface area contributed by atoms with E-state index in [1.165, 1.54) is 12.8 Å². The molecule has 0 spiro atoms. The molecule has 2 amide bonds. The fourth-order valence-corrected chi connectivity index (χ4v) is 2.89. The number of para-hydroxylation sites is 1. The second kappa shape index (κ2) is 7.33. The van der Waals surface area contributed by atoms with E-state index in [1.54, 1.807) is 0 Å². The second-order valence-corrected chi connectivity index (χ2v) is 5.89. The summed E-state index contributed by atoms with van der Waals surface area (Å²) < 4.78 is 5.66. The first kappa shape index (κ1) is 15.6. The highest BCUT2D eigenvalue weighted by atomic mass is 16.3. The van der Waals surface area contributed by atoms with Crippen LogP contribution in [0.4, 0.5) is 10.5 Å². The topological polar surface area (TPSA) is 57.5 Å². The third-order valence-corrected chi connectivity index (χ3v) is 4.09. The molecule has 5 heteroatoms. The molecule has 2 aromatic rings. The lowest BCUT2D eigenvalue weighted by atomic mass is 10.1. The number of likely N-dealkylation sites (tertiary alicyclic amines) is 1. The van der Waals surface area contributed by atoms with Crippen LogP contribution in [0.5, 0.6) is 0 Å². The Kier molecular flexibility index (Phi) is 4.98. The summed E-state index contributed by atoms with van der Waals surface area (Å²) in [5.41, 5.74) is 1.64. The van der Waals surface area contributed by atoms with Crippen molar-refractivity contribution in [3.8, 4) is 11.3 Å². The molecule has 0 atom stereocenters. The molecule has 1 aromatic heterocycles. The van der Waals surface area contributed by atoms with Crippen LogP contribution in [0.1, 0.15) is 18.6 Å². The summed E-state index contributed by atoms with van der Waals surface area (Å²) in [6.45, 7) is 5.76. The average molecular weight is 313 g/mol. The standard InChI is InChI=1S/C18H23N3O2/c1-14-8-9-17(23-14)15-6-2-3-7-16(15)20-18(22)19-10-13-21-11-4-5-12-21/h2-3,6-9H,4-5,10-13H2,1H3,(H2,19,20,22). The first-order valence-corrected chi connectivity index (χ1v) is 8.15. The summed E-state index contributed by atoms with van der Waals surface area (Å²) >= 11 is 0. The van der Waals surface area contributed by atoms with Gasteiger partial charge in [-0.25, -0.2) is 4.79 Å².